The van der Waals surface area contributed by atoms with E-state index in [1.54, 1.807) is 12.3 Å². The van der Waals surface area contributed by atoms with Crippen molar-refractivity contribution in [2.45, 2.75) is 4.90 Å². The van der Waals surface area contributed by atoms with E-state index >= 15 is 0 Å². The third kappa shape index (κ3) is 1.98. The van der Waals surface area contributed by atoms with Gasteiger partial charge in [0.2, 0.25) is 0 Å². The zero-order chi connectivity index (χ0) is 10.8. The summed E-state index contributed by atoms with van der Waals surface area (Å²) in [5.41, 5.74) is 6.41. The summed E-state index contributed by atoms with van der Waals surface area (Å²) in [5, 5.41) is 0.501. The average Bonchev–Trinajstić information content (AvgIpc) is 2.64. The van der Waals surface area contributed by atoms with E-state index in [1.165, 1.54) is 29.2 Å². The third-order valence-corrected chi connectivity index (χ3v) is 3.64. The van der Waals surface area contributed by atoms with E-state index in [4.69, 9.17) is 5.73 Å². The number of hydrogen-bond donors (Lipinski definition) is 1. The summed E-state index contributed by atoms with van der Waals surface area (Å²) in [5.74, 6) is -0.202. The fraction of sp³-hybridized carbons (Fsp3) is 0.100. The largest absolute Gasteiger partial charge is 0.375 e. The van der Waals surface area contributed by atoms with Gasteiger partial charge in [-0.3, -0.25) is 0 Å². The maximum absolute atomic E-state index is 13.5. The lowest BCUT2D eigenvalue weighted by molar-refractivity contribution is 0.603. The van der Waals surface area contributed by atoms with Crippen LogP contribution in [0.4, 0.5) is 9.52 Å². The Balaban J connectivity index is 2.57. The zero-order valence-corrected chi connectivity index (χ0v) is 9.66. The molecular formula is C10H9FN2S2. The number of halogens is 1. The van der Waals surface area contributed by atoms with Gasteiger partial charge < -0.3 is 5.73 Å². The van der Waals surface area contributed by atoms with Gasteiger partial charge in [0.05, 0.1) is 9.77 Å². The van der Waals surface area contributed by atoms with E-state index in [9.17, 15) is 4.39 Å². The van der Waals surface area contributed by atoms with Crippen LogP contribution in [0.2, 0.25) is 0 Å². The fourth-order valence-electron chi connectivity index (χ4n) is 1.32. The third-order valence-electron chi connectivity index (χ3n) is 1.96. The lowest BCUT2D eigenvalue weighted by atomic mass is 10.2. The summed E-state index contributed by atoms with van der Waals surface area (Å²) >= 11 is 2.75. The van der Waals surface area contributed by atoms with Crippen LogP contribution in [-0.4, -0.2) is 11.2 Å². The molecule has 0 saturated heterocycles. The standard InChI is InChI=1S/C10H9FN2S2/c1-14-9-6(3-2-4-7(9)11)8-5-13-10(12)15-8/h2-5H,1H3,(H2,12,13). The lowest BCUT2D eigenvalue weighted by Gasteiger charge is -2.05. The van der Waals surface area contributed by atoms with Gasteiger partial charge in [-0.05, 0) is 12.3 Å². The first kappa shape index (κ1) is 10.4. The molecule has 0 aliphatic heterocycles. The molecule has 0 amide bonds. The van der Waals surface area contributed by atoms with Crippen LogP contribution in [0.25, 0.3) is 10.4 Å². The van der Waals surface area contributed by atoms with Gasteiger partial charge in [0.1, 0.15) is 5.82 Å². The maximum atomic E-state index is 13.5. The molecule has 2 N–H and O–H groups in total. The molecule has 0 aliphatic carbocycles. The highest BCUT2D eigenvalue weighted by Crippen LogP contribution is 2.35. The Morgan fingerprint density at radius 2 is 2.27 bits per heavy atom. The van der Waals surface area contributed by atoms with Gasteiger partial charge in [-0.25, -0.2) is 9.37 Å². The number of nitrogens with two attached hydrogens (primary N) is 1. The summed E-state index contributed by atoms with van der Waals surface area (Å²) in [6.07, 6.45) is 3.53. The van der Waals surface area contributed by atoms with Crippen molar-refractivity contribution in [3.8, 4) is 10.4 Å². The quantitative estimate of drug-likeness (QED) is 0.819. The second kappa shape index (κ2) is 4.20. The molecule has 2 aromatic rings. The molecule has 2 nitrogen and oxygen atoms in total. The predicted octanol–water partition coefficient (Wildman–Crippen LogP) is 3.25. The van der Waals surface area contributed by atoms with Gasteiger partial charge in [0.25, 0.3) is 0 Å². The number of rotatable bonds is 2. The molecule has 2 rings (SSSR count). The van der Waals surface area contributed by atoms with E-state index in [0.717, 1.165) is 10.4 Å². The van der Waals surface area contributed by atoms with Gasteiger partial charge in [0.15, 0.2) is 5.13 Å². The molecule has 0 fully saturated rings. The topological polar surface area (TPSA) is 38.9 Å². The van der Waals surface area contributed by atoms with Crippen LogP contribution >= 0.6 is 23.1 Å². The molecule has 0 unspecified atom stereocenters. The van der Waals surface area contributed by atoms with Crippen molar-refractivity contribution >= 4 is 28.2 Å². The highest BCUT2D eigenvalue weighted by Gasteiger charge is 2.11. The molecule has 0 atom stereocenters. The number of aromatic nitrogens is 1. The first-order chi connectivity index (χ1) is 7.22. The highest BCUT2D eigenvalue weighted by atomic mass is 32.2. The first-order valence-electron chi connectivity index (χ1n) is 4.26. The van der Waals surface area contributed by atoms with Crippen LogP contribution in [-0.2, 0) is 0 Å². The van der Waals surface area contributed by atoms with E-state index in [2.05, 4.69) is 4.98 Å². The van der Waals surface area contributed by atoms with Gasteiger partial charge in [-0.1, -0.05) is 23.5 Å². The summed E-state index contributed by atoms with van der Waals surface area (Å²) in [6.45, 7) is 0. The minimum absolute atomic E-state index is 0.202. The zero-order valence-electron chi connectivity index (χ0n) is 8.03. The van der Waals surface area contributed by atoms with Gasteiger partial charge in [-0.15, -0.1) is 11.8 Å². The first-order valence-corrected chi connectivity index (χ1v) is 6.30. The molecule has 0 aliphatic rings. The minimum atomic E-state index is -0.202. The summed E-state index contributed by atoms with van der Waals surface area (Å²) in [6, 6.07) is 5.03. The summed E-state index contributed by atoms with van der Waals surface area (Å²) in [4.78, 5) is 5.50. The summed E-state index contributed by atoms with van der Waals surface area (Å²) in [7, 11) is 0. The van der Waals surface area contributed by atoms with Crippen molar-refractivity contribution in [2.75, 3.05) is 12.0 Å². The average molecular weight is 240 g/mol. The van der Waals surface area contributed by atoms with E-state index < -0.39 is 0 Å². The molecule has 0 bridgehead atoms. The minimum Gasteiger partial charge on any atom is -0.375 e. The van der Waals surface area contributed by atoms with E-state index in [-0.39, 0.29) is 5.82 Å². The molecule has 0 radical (unpaired) electrons. The Morgan fingerprint density at radius 3 is 2.87 bits per heavy atom. The Kier molecular flexibility index (Phi) is 2.93. The second-order valence-electron chi connectivity index (χ2n) is 2.88. The number of benzene rings is 1. The number of thioether (sulfide) groups is 1. The molecule has 78 valence electrons. The van der Waals surface area contributed by atoms with Crippen LogP contribution in [0.5, 0.6) is 0 Å². The van der Waals surface area contributed by atoms with Crippen molar-refractivity contribution in [3.63, 3.8) is 0 Å². The van der Waals surface area contributed by atoms with Gasteiger partial charge in [0, 0.05) is 11.8 Å². The van der Waals surface area contributed by atoms with E-state index in [0.29, 0.717) is 10.0 Å². The van der Waals surface area contributed by atoms with Crippen molar-refractivity contribution in [2.24, 2.45) is 0 Å². The molecule has 15 heavy (non-hydrogen) atoms. The Labute approximate surface area is 95.3 Å². The molecule has 0 saturated carbocycles. The van der Waals surface area contributed by atoms with Crippen molar-refractivity contribution < 1.29 is 4.39 Å². The van der Waals surface area contributed by atoms with Crippen molar-refractivity contribution in [1.82, 2.24) is 4.98 Å². The highest BCUT2D eigenvalue weighted by molar-refractivity contribution is 7.98. The predicted molar refractivity (Wildman–Crippen MR) is 63.7 cm³/mol. The van der Waals surface area contributed by atoms with Crippen LogP contribution in [0.1, 0.15) is 0 Å². The monoisotopic (exact) mass is 240 g/mol. The number of thiazole rings is 1. The lowest BCUT2D eigenvalue weighted by Crippen LogP contribution is -1.84. The second-order valence-corrected chi connectivity index (χ2v) is 4.76. The summed E-state index contributed by atoms with van der Waals surface area (Å²) < 4.78 is 13.5. The van der Waals surface area contributed by atoms with Crippen LogP contribution in [0.15, 0.2) is 29.3 Å². The Morgan fingerprint density at radius 1 is 1.47 bits per heavy atom. The smallest absolute Gasteiger partial charge is 0.180 e. The van der Waals surface area contributed by atoms with Crippen LogP contribution < -0.4 is 5.73 Å². The SMILES string of the molecule is CSc1c(F)cccc1-c1cnc(N)s1. The molecule has 1 aromatic carbocycles. The van der Waals surface area contributed by atoms with Crippen LogP contribution in [0.3, 0.4) is 0 Å². The molecule has 5 heteroatoms. The van der Waals surface area contributed by atoms with E-state index in [1.807, 2.05) is 12.3 Å². The van der Waals surface area contributed by atoms with Crippen LogP contribution in [0, 0.1) is 5.82 Å². The Bertz CT molecular complexity index is 482. The fourth-order valence-corrected chi connectivity index (χ4v) is 2.76. The van der Waals surface area contributed by atoms with Gasteiger partial charge in [-0.2, -0.15) is 0 Å². The Hall–Kier alpha value is -1.07. The number of anilines is 1. The molecule has 1 heterocycles. The van der Waals surface area contributed by atoms with Crippen molar-refractivity contribution in [1.29, 1.82) is 0 Å². The maximum Gasteiger partial charge on any atom is 0.180 e. The molecule has 1 aromatic heterocycles. The number of nitrogens with zero attached hydrogens (tertiary/aromatic N) is 1. The normalized spacial score (nSPS) is 10.5. The number of nitrogen functional groups attached to an aromatic ring is 1. The number of hydrogen-bond acceptors (Lipinski definition) is 4. The molecule has 0 spiro atoms. The van der Waals surface area contributed by atoms with Crippen molar-refractivity contribution in [3.05, 3.63) is 30.2 Å². The van der Waals surface area contributed by atoms with Gasteiger partial charge >= 0.3 is 0 Å². The molecular weight excluding hydrogens is 231 g/mol.